The molecular weight excluding hydrogens is 338 g/mol. The van der Waals surface area contributed by atoms with E-state index < -0.39 is 10.0 Å². The normalized spacial score (nSPS) is 24.5. The van der Waals surface area contributed by atoms with Gasteiger partial charge < -0.3 is 5.11 Å². The quantitative estimate of drug-likeness (QED) is 0.813. The van der Waals surface area contributed by atoms with Crippen molar-refractivity contribution >= 4 is 10.0 Å². The van der Waals surface area contributed by atoms with Crippen molar-refractivity contribution in [2.45, 2.75) is 49.3 Å². The van der Waals surface area contributed by atoms with Crippen LogP contribution in [0.4, 0.5) is 0 Å². The second-order valence-corrected chi connectivity index (χ2v) is 9.04. The molecule has 6 nitrogen and oxygen atoms in total. The monoisotopic (exact) mass is 367 g/mol. The molecule has 1 atom stereocenters. The maximum atomic E-state index is 11.8. The number of piperidine rings is 2. The molecule has 2 saturated heterocycles. The molecule has 2 aliphatic rings. The molecule has 0 aliphatic carbocycles. The van der Waals surface area contributed by atoms with E-state index in [1.165, 1.54) is 7.05 Å². The van der Waals surface area contributed by atoms with E-state index in [1.54, 1.807) is 12.1 Å². The highest BCUT2D eigenvalue weighted by atomic mass is 32.2. The fourth-order valence-electron chi connectivity index (χ4n) is 3.91. The first-order valence-electron chi connectivity index (χ1n) is 9.15. The molecule has 0 unspecified atom stereocenters. The van der Waals surface area contributed by atoms with Gasteiger partial charge >= 0.3 is 0 Å². The molecule has 25 heavy (non-hydrogen) atoms. The number of β-amino-alcohol motifs (C(OH)–C–C–N with tert-alkyl or cyclic N) is 1. The number of nitrogens with one attached hydrogen (secondary N) is 1. The predicted octanol–water partition coefficient (Wildman–Crippen LogP) is 1.02. The smallest absolute Gasteiger partial charge is 0.240 e. The van der Waals surface area contributed by atoms with Crippen LogP contribution >= 0.6 is 0 Å². The van der Waals surface area contributed by atoms with Crippen LogP contribution in [0.15, 0.2) is 29.2 Å². The fourth-order valence-corrected chi connectivity index (χ4v) is 4.64. The van der Waals surface area contributed by atoms with Crippen LogP contribution in [-0.4, -0.2) is 68.7 Å². The van der Waals surface area contributed by atoms with Crippen molar-refractivity contribution in [3.63, 3.8) is 0 Å². The first-order valence-corrected chi connectivity index (χ1v) is 10.6. The van der Waals surface area contributed by atoms with Gasteiger partial charge in [0, 0.05) is 19.1 Å². The van der Waals surface area contributed by atoms with Crippen molar-refractivity contribution in [1.29, 1.82) is 0 Å². The van der Waals surface area contributed by atoms with Crippen LogP contribution in [0.2, 0.25) is 0 Å². The van der Waals surface area contributed by atoms with Crippen LogP contribution in [0, 0.1) is 0 Å². The molecule has 1 aromatic rings. The molecule has 0 saturated carbocycles. The largest absolute Gasteiger partial charge is 0.392 e. The van der Waals surface area contributed by atoms with Crippen molar-refractivity contribution in [3.05, 3.63) is 29.8 Å². The van der Waals surface area contributed by atoms with E-state index in [9.17, 15) is 13.5 Å². The van der Waals surface area contributed by atoms with Crippen molar-refractivity contribution in [3.8, 4) is 0 Å². The molecule has 0 aromatic heterocycles. The Bertz CT molecular complexity index is 655. The van der Waals surface area contributed by atoms with E-state index >= 15 is 0 Å². The van der Waals surface area contributed by atoms with Crippen LogP contribution in [0.5, 0.6) is 0 Å². The third-order valence-corrected chi connectivity index (χ3v) is 6.84. The zero-order chi connectivity index (χ0) is 17.9. The molecule has 2 fully saturated rings. The number of aliphatic hydroxyl groups excluding tert-OH is 1. The van der Waals surface area contributed by atoms with Gasteiger partial charge in [0.25, 0.3) is 0 Å². The highest BCUT2D eigenvalue weighted by Gasteiger charge is 2.28. The predicted molar refractivity (Wildman–Crippen MR) is 97.8 cm³/mol. The van der Waals surface area contributed by atoms with Gasteiger partial charge in [-0.2, -0.15) is 0 Å². The minimum absolute atomic E-state index is 0.154. The van der Waals surface area contributed by atoms with E-state index in [4.69, 9.17) is 0 Å². The zero-order valence-electron chi connectivity index (χ0n) is 14.9. The Balaban J connectivity index is 1.50. The Morgan fingerprint density at radius 1 is 1.12 bits per heavy atom. The molecule has 0 bridgehead atoms. The highest BCUT2D eigenvalue weighted by Crippen LogP contribution is 2.22. The van der Waals surface area contributed by atoms with Gasteiger partial charge in [0.1, 0.15) is 0 Å². The van der Waals surface area contributed by atoms with E-state index in [0.29, 0.717) is 10.9 Å². The second kappa shape index (κ2) is 8.14. The molecule has 0 spiro atoms. The Kier molecular flexibility index (Phi) is 6.12. The maximum Gasteiger partial charge on any atom is 0.240 e. The number of likely N-dealkylation sites (tertiary alicyclic amines) is 2. The van der Waals surface area contributed by atoms with Crippen molar-refractivity contribution in [2.24, 2.45) is 0 Å². The summed E-state index contributed by atoms with van der Waals surface area (Å²) in [6, 6.07) is 7.73. The highest BCUT2D eigenvalue weighted by molar-refractivity contribution is 7.89. The molecule has 3 rings (SSSR count). The molecule has 0 radical (unpaired) electrons. The van der Waals surface area contributed by atoms with E-state index in [-0.39, 0.29) is 6.10 Å². The van der Waals surface area contributed by atoms with Gasteiger partial charge in [-0.1, -0.05) is 12.1 Å². The summed E-state index contributed by atoms with van der Waals surface area (Å²) in [7, 11) is -1.94. The molecule has 2 heterocycles. The average molecular weight is 368 g/mol. The van der Waals surface area contributed by atoms with E-state index in [0.717, 1.165) is 64.0 Å². The summed E-state index contributed by atoms with van der Waals surface area (Å²) in [5, 5.41) is 9.86. The van der Waals surface area contributed by atoms with Gasteiger partial charge in [-0.15, -0.1) is 0 Å². The molecular formula is C18H29N3O3S. The molecule has 140 valence electrons. The van der Waals surface area contributed by atoms with Crippen LogP contribution in [0.1, 0.15) is 31.2 Å². The first kappa shape index (κ1) is 18.8. The maximum absolute atomic E-state index is 11.8. The van der Waals surface area contributed by atoms with Crippen LogP contribution in [0.3, 0.4) is 0 Å². The van der Waals surface area contributed by atoms with Gasteiger partial charge in [-0.25, -0.2) is 13.1 Å². The summed E-state index contributed by atoms with van der Waals surface area (Å²) in [6.45, 7) is 4.89. The number of hydrogen-bond donors (Lipinski definition) is 2. The van der Waals surface area contributed by atoms with Crippen LogP contribution < -0.4 is 4.72 Å². The SMILES string of the molecule is CNS(=O)(=O)c1ccc(CN2CCC(N3CCC[C@H](O)C3)CC2)cc1. The Morgan fingerprint density at radius 3 is 2.40 bits per heavy atom. The number of benzene rings is 1. The number of nitrogens with zero attached hydrogens (tertiary/aromatic N) is 2. The molecule has 1 aromatic carbocycles. The average Bonchev–Trinajstić information content (AvgIpc) is 2.63. The Hall–Kier alpha value is -0.990. The lowest BCUT2D eigenvalue weighted by Crippen LogP contribution is -2.49. The van der Waals surface area contributed by atoms with Gasteiger partial charge in [0.2, 0.25) is 10.0 Å². The molecule has 7 heteroatoms. The van der Waals surface area contributed by atoms with Crippen molar-refractivity contribution in [2.75, 3.05) is 33.2 Å². The lowest BCUT2D eigenvalue weighted by atomic mass is 9.98. The van der Waals surface area contributed by atoms with E-state index in [1.807, 2.05) is 12.1 Å². The third kappa shape index (κ3) is 4.80. The number of hydrogen-bond acceptors (Lipinski definition) is 5. The summed E-state index contributed by atoms with van der Waals surface area (Å²) >= 11 is 0. The molecule has 2 aliphatic heterocycles. The minimum atomic E-state index is -3.36. The second-order valence-electron chi connectivity index (χ2n) is 7.15. The molecule has 0 amide bonds. The van der Waals surface area contributed by atoms with Crippen molar-refractivity contribution < 1.29 is 13.5 Å². The summed E-state index contributed by atoms with van der Waals surface area (Å²) in [5.41, 5.74) is 1.14. The van der Waals surface area contributed by atoms with Crippen LogP contribution in [-0.2, 0) is 16.6 Å². The Morgan fingerprint density at radius 2 is 1.80 bits per heavy atom. The minimum Gasteiger partial charge on any atom is -0.392 e. The summed E-state index contributed by atoms with van der Waals surface area (Å²) in [4.78, 5) is 5.20. The number of aliphatic hydroxyl groups is 1. The van der Waals surface area contributed by atoms with Crippen LogP contribution in [0.25, 0.3) is 0 Å². The number of rotatable bonds is 5. The standard InChI is InChI=1S/C18H29N3O3S/c1-19-25(23,24)18-6-4-15(5-7-18)13-20-11-8-16(9-12-20)21-10-2-3-17(22)14-21/h4-7,16-17,19,22H,2-3,8-14H2,1H3/t17-/m0/s1. The lowest BCUT2D eigenvalue weighted by molar-refractivity contribution is 0.0243. The van der Waals surface area contributed by atoms with Gasteiger partial charge in [0.05, 0.1) is 11.0 Å². The Labute approximate surface area is 150 Å². The van der Waals surface area contributed by atoms with Gasteiger partial charge in [-0.05, 0) is 70.1 Å². The lowest BCUT2D eigenvalue weighted by Gasteiger charge is -2.41. The topological polar surface area (TPSA) is 72.9 Å². The van der Waals surface area contributed by atoms with Gasteiger partial charge in [0.15, 0.2) is 0 Å². The van der Waals surface area contributed by atoms with Crippen molar-refractivity contribution in [1.82, 2.24) is 14.5 Å². The zero-order valence-corrected chi connectivity index (χ0v) is 15.7. The summed E-state index contributed by atoms with van der Waals surface area (Å²) < 4.78 is 25.9. The van der Waals surface area contributed by atoms with Gasteiger partial charge in [-0.3, -0.25) is 9.80 Å². The van der Waals surface area contributed by atoms with E-state index in [2.05, 4.69) is 14.5 Å². The molecule has 2 N–H and O–H groups in total. The number of sulfonamides is 1. The summed E-state index contributed by atoms with van der Waals surface area (Å²) in [6.07, 6.45) is 4.16. The summed E-state index contributed by atoms with van der Waals surface area (Å²) in [5.74, 6) is 0. The third-order valence-electron chi connectivity index (χ3n) is 5.41. The first-order chi connectivity index (χ1) is 12.0. The fraction of sp³-hybridized carbons (Fsp3) is 0.667.